The highest BCUT2D eigenvalue weighted by molar-refractivity contribution is 7.91. The predicted octanol–water partition coefficient (Wildman–Crippen LogP) is 2.17. The zero-order chi connectivity index (χ0) is 14.6. The first kappa shape index (κ1) is 15.5. The fourth-order valence-electron chi connectivity index (χ4n) is 2.39. The molecule has 1 aromatic rings. The maximum Gasteiger partial charge on any atom is 0.180 e. The number of rotatable bonds is 7. The highest BCUT2D eigenvalue weighted by Gasteiger charge is 2.33. The molecule has 1 N–H and O–H groups in total. The van der Waals surface area contributed by atoms with Gasteiger partial charge in [0.25, 0.3) is 0 Å². The average molecular weight is 297 g/mol. The zero-order valence-corrected chi connectivity index (χ0v) is 12.9. The standard InChI is InChI=1S/C15H23NO3S/c1-12(2)10-19-9-5-8-16-14-11-20(17,18)15-7-4-3-6-13(14)15/h3-4,6-7,12,14,16H,5,8-11H2,1-2H3. The minimum Gasteiger partial charge on any atom is -0.381 e. The molecule has 0 saturated carbocycles. The van der Waals surface area contributed by atoms with E-state index in [1.165, 1.54) is 0 Å². The van der Waals surface area contributed by atoms with Gasteiger partial charge in [-0.1, -0.05) is 32.0 Å². The SMILES string of the molecule is CC(C)COCCCNC1CS(=O)(=O)c2ccccc21. The first-order valence-electron chi connectivity index (χ1n) is 7.13. The zero-order valence-electron chi connectivity index (χ0n) is 12.1. The largest absolute Gasteiger partial charge is 0.381 e. The first-order chi connectivity index (χ1) is 9.50. The molecule has 0 aliphatic carbocycles. The van der Waals surface area contributed by atoms with Gasteiger partial charge in [0.05, 0.1) is 10.6 Å². The van der Waals surface area contributed by atoms with Crippen molar-refractivity contribution in [2.24, 2.45) is 5.92 Å². The number of hydrogen-bond acceptors (Lipinski definition) is 4. The van der Waals surface area contributed by atoms with Crippen LogP contribution in [0.5, 0.6) is 0 Å². The van der Waals surface area contributed by atoms with Crippen LogP contribution in [0.25, 0.3) is 0 Å². The number of fused-ring (bicyclic) bond motifs is 1. The minimum atomic E-state index is -3.11. The molecule has 1 atom stereocenters. The number of sulfone groups is 1. The molecule has 0 fully saturated rings. The van der Waals surface area contributed by atoms with Gasteiger partial charge in [0.2, 0.25) is 0 Å². The van der Waals surface area contributed by atoms with Crippen LogP contribution in [-0.4, -0.2) is 33.9 Å². The minimum absolute atomic E-state index is 0.0821. The van der Waals surface area contributed by atoms with Crippen LogP contribution in [0.1, 0.15) is 31.9 Å². The first-order valence-corrected chi connectivity index (χ1v) is 8.79. The Labute approximate surface area is 121 Å². The lowest BCUT2D eigenvalue weighted by atomic mass is 10.1. The summed E-state index contributed by atoms with van der Waals surface area (Å²) in [7, 11) is -3.11. The molecule has 0 amide bonds. The van der Waals surface area contributed by atoms with Crippen LogP contribution in [0, 0.1) is 5.92 Å². The number of nitrogens with one attached hydrogen (secondary N) is 1. The van der Waals surface area contributed by atoms with E-state index < -0.39 is 9.84 Å². The van der Waals surface area contributed by atoms with Crippen LogP contribution in [0.3, 0.4) is 0 Å². The molecule has 1 unspecified atom stereocenters. The molecular weight excluding hydrogens is 274 g/mol. The van der Waals surface area contributed by atoms with Gasteiger partial charge in [-0.15, -0.1) is 0 Å². The molecule has 20 heavy (non-hydrogen) atoms. The predicted molar refractivity (Wildman–Crippen MR) is 79.5 cm³/mol. The maximum absolute atomic E-state index is 12.0. The van der Waals surface area contributed by atoms with Gasteiger partial charge < -0.3 is 10.1 Å². The fraction of sp³-hybridized carbons (Fsp3) is 0.600. The van der Waals surface area contributed by atoms with Gasteiger partial charge >= 0.3 is 0 Å². The maximum atomic E-state index is 12.0. The quantitative estimate of drug-likeness (QED) is 0.784. The molecule has 1 aromatic carbocycles. The van der Waals surface area contributed by atoms with Gasteiger partial charge in [-0.25, -0.2) is 8.42 Å². The van der Waals surface area contributed by atoms with E-state index in [9.17, 15) is 8.42 Å². The Morgan fingerprint density at radius 1 is 1.35 bits per heavy atom. The summed E-state index contributed by atoms with van der Waals surface area (Å²) in [5, 5.41) is 3.32. The lowest BCUT2D eigenvalue weighted by molar-refractivity contribution is 0.107. The fourth-order valence-corrected chi connectivity index (χ4v) is 4.16. The number of benzene rings is 1. The van der Waals surface area contributed by atoms with Crippen LogP contribution >= 0.6 is 0 Å². The van der Waals surface area contributed by atoms with Gasteiger partial charge in [-0.2, -0.15) is 0 Å². The lowest BCUT2D eigenvalue weighted by Gasteiger charge is -2.13. The normalized spacial score (nSPS) is 20.2. The van der Waals surface area contributed by atoms with Gasteiger partial charge in [-0.05, 0) is 30.5 Å². The van der Waals surface area contributed by atoms with Crippen LogP contribution in [0.4, 0.5) is 0 Å². The molecule has 1 aliphatic rings. The highest BCUT2D eigenvalue weighted by Crippen LogP contribution is 2.32. The Bertz CT molecular complexity index is 540. The third-order valence-corrected chi connectivity index (χ3v) is 5.14. The van der Waals surface area contributed by atoms with E-state index in [0.717, 1.165) is 25.1 Å². The van der Waals surface area contributed by atoms with Crippen molar-refractivity contribution in [2.75, 3.05) is 25.5 Å². The monoisotopic (exact) mass is 297 g/mol. The summed E-state index contributed by atoms with van der Waals surface area (Å²) in [6.45, 7) is 6.51. The van der Waals surface area contributed by atoms with E-state index in [1.54, 1.807) is 12.1 Å². The Balaban J connectivity index is 1.81. The second-order valence-electron chi connectivity index (χ2n) is 5.65. The van der Waals surface area contributed by atoms with Crippen LogP contribution in [0.2, 0.25) is 0 Å². The average Bonchev–Trinajstić information content (AvgIpc) is 2.66. The summed E-state index contributed by atoms with van der Waals surface area (Å²) in [5.41, 5.74) is 0.899. The van der Waals surface area contributed by atoms with Crippen molar-refractivity contribution < 1.29 is 13.2 Å². The van der Waals surface area contributed by atoms with E-state index in [-0.39, 0.29) is 11.8 Å². The molecule has 0 spiro atoms. The molecule has 4 nitrogen and oxygen atoms in total. The molecular formula is C15H23NO3S. The molecule has 2 rings (SSSR count). The second-order valence-corrected chi connectivity index (χ2v) is 7.65. The van der Waals surface area contributed by atoms with E-state index in [0.29, 0.717) is 17.4 Å². The summed E-state index contributed by atoms with van der Waals surface area (Å²) >= 11 is 0. The summed E-state index contributed by atoms with van der Waals surface area (Å²) in [6.07, 6.45) is 0.894. The number of hydrogen-bond donors (Lipinski definition) is 1. The third-order valence-electron chi connectivity index (χ3n) is 3.32. The summed E-state index contributed by atoms with van der Waals surface area (Å²) in [5.74, 6) is 0.717. The summed E-state index contributed by atoms with van der Waals surface area (Å²) in [4.78, 5) is 0.480. The highest BCUT2D eigenvalue weighted by atomic mass is 32.2. The third kappa shape index (κ3) is 3.81. The van der Waals surface area contributed by atoms with Crippen molar-refractivity contribution in [2.45, 2.75) is 31.2 Å². The van der Waals surface area contributed by atoms with Gasteiger partial charge in [0.15, 0.2) is 9.84 Å². The summed E-state index contributed by atoms with van der Waals surface area (Å²) in [6, 6.07) is 7.17. The summed E-state index contributed by atoms with van der Waals surface area (Å²) < 4.78 is 29.5. The molecule has 112 valence electrons. The molecule has 0 aromatic heterocycles. The molecule has 0 saturated heterocycles. The molecule has 1 heterocycles. The Morgan fingerprint density at radius 2 is 2.10 bits per heavy atom. The lowest BCUT2D eigenvalue weighted by Crippen LogP contribution is -2.24. The smallest absolute Gasteiger partial charge is 0.180 e. The van der Waals surface area contributed by atoms with E-state index in [2.05, 4.69) is 19.2 Å². The van der Waals surface area contributed by atoms with Crippen LogP contribution < -0.4 is 5.32 Å². The Hall–Kier alpha value is -0.910. The molecule has 5 heteroatoms. The van der Waals surface area contributed by atoms with Crippen LogP contribution in [-0.2, 0) is 14.6 Å². The molecule has 0 radical (unpaired) electrons. The Kier molecular flexibility index (Phi) is 5.18. The van der Waals surface area contributed by atoms with Crippen molar-refractivity contribution >= 4 is 9.84 Å². The topological polar surface area (TPSA) is 55.4 Å². The van der Waals surface area contributed by atoms with Crippen molar-refractivity contribution in [3.8, 4) is 0 Å². The van der Waals surface area contributed by atoms with E-state index >= 15 is 0 Å². The van der Waals surface area contributed by atoms with Gasteiger partial charge in [0, 0.05) is 19.3 Å². The van der Waals surface area contributed by atoms with Crippen molar-refractivity contribution in [1.82, 2.24) is 5.32 Å². The van der Waals surface area contributed by atoms with Crippen LogP contribution in [0.15, 0.2) is 29.2 Å². The molecule has 1 aliphatic heterocycles. The Morgan fingerprint density at radius 3 is 2.85 bits per heavy atom. The number of ether oxygens (including phenoxy) is 1. The van der Waals surface area contributed by atoms with E-state index in [4.69, 9.17) is 4.74 Å². The van der Waals surface area contributed by atoms with Crippen molar-refractivity contribution in [1.29, 1.82) is 0 Å². The van der Waals surface area contributed by atoms with Crippen molar-refractivity contribution in [3.63, 3.8) is 0 Å². The van der Waals surface area contributed by atoms with E-state index in [1.807, 2.05) is 12.1 Å². The molecule has 0 bridgehead atoms. The van der Waals surface area contributed by atoms with Crippen molar-refractivity contribution in [3.05, 3.63) is 29.8 Å². The van der Waals surface area contributed by atoms with Gasteiger partial charge in [0.1, 0.15) is 0 Å². The second kappa shape index (κ2) is 6.70. The van der Waals surface area contributed by atoms with Gasteiger partial charge in [-0.3, -0.25) is 0 Å².